The molecule has 18 heavy (non-hydrogen) atoms. The summed E-state index contributed by atoms with van der Waals surface area (Å²) in [5, 5.41) is 3.36. The molecule has 1 N–H and O–H groups in total. The number of rotatable bonds is 6. The smallest absolute Gasteiger partial charge is 0.218 e. The molecule has 0 aromatic carbocycles. The number of aryl methyl sites for hydroxylation is 1. The summed E-state index contributed by atoms with van der Waals surface area (Å²) in [4.78, 5) is 8.84. The maximum Gasteiger partial charge on any atom is 0.218 e. The van der Waals surface area contributed by atoms with Gasteiger partial charge in [-0.05, 0) is 27.2 Å². The van der Waals surface area contributed by atoms with Crippen LogP contribution in [0, 0.1) is 0 Å². The zero-order chi connectivity index (χ0) is 13.6. The minimum Gasteiger partial charge on any atom is -0.478 e. The highest BCUT2D eigenvalue weighted by Gasteiger charge is 2.12. The predicted molar refractivity (Wildman–Crippen MR) is 75.2 cm³/mol. The Morgan fingerprint density at radius 2 is 1.94 bits per heavy atom. The van der Waals surface area contributed by atoms with Gasteiger partial charge in [0.25, 0.3) is 0 Å². The number of hydrogen-bond acceptors (Lipinski definition) is 4. The van der Waals surface area contributed by atoms with Crippen molar-refractivity contribution in [2.45, 2.75) is 59.4 Å². The maximum atomic E-state index is 5.65. The van der Waals surface area contributed by atoms with E-state index in [4.69, 9.17) is 4.74 Å². The molecule has 0 aliphatic rings. The second-order valence-electron chi connectivity index (χ2n) is 5.44. The standard InChI is InChI=1S/C14H25N3O/c1-6-8-9-18-13-10-12(17-14(3,4)5)15-11(7-2)16-13/h10H,6-9H2,1-5H3,(H,15,16,17). The average molecular weight is 251 g/mol. The van der Waals surface area contributed by atoms with Crippen LogP contribution in [0.5, 0.6) is 5.88 Å². The van der Waals surface area contributed by atoms with Crippen LogP contribution in [0.25, 0.3) is 0 Å². The van der Waals surface area contributed by atoms with Crippen molar-refractivity contribution in [2.24, 2.45) is 0 Å². The van der Waals surface area contributed by atoms with Gasteiger partial charge in [0, 0.05) is 18.0 Å². The molecule has 0 unspecified atom stereocenters. The Morgan fingerprint density at radius 1 is 1.22 bits per heavy atom. The van der Waals surface area contributed by atoms with Gasteiger partial charge in [0.1, 0.15) is 11.6 Å². The number of nitrogens with one attached hydrogen (secondary N) is 1. The Hall–Kier alpha value is -1.32. The van der Waals surface area contributed by atoms with Crippen LogP contribution in [0.3, 0.4) is 0 Å². The fourth-order valence-electron chi connectivity index (χ4n) is 1.47. The first-order valence-corrected chi connectivity index (χ1v) is 6.73. The van der Waals surface area contributed by atoms with Crippen molar-refractivity contribution in [3.63, 3.8) is 0 Å². The fourth-order valence-corrected chi connectivity index (χ4v) is 1.47. The van der Waals surface area contributed by atoms with Crippen LogP contribution in [0.15, 0.2) is 6.07 Å². The van der Waals surface area contributed by atoms with E-state index in [1.54, 1.807) is 0 Å². The summed E-state index contributed by atoms with van der Waals surface area (Å²) in [5.41, 5.74) is -0.0138. The van der Waals surface area contributed by atoms with E-state index < -0.39 is 0 Å². The van der Waals surface area contributed by atoms with E-state index in [-0.39, 0.29) is 5.54 Å². The summed E-state index contributed by atoms with van der Waals surface area (Å²) in [7, 11) is 0. The number of hydrogen-bond donors (Lipinski definition) is 1. The quantitative estimate of drug-likeness (QED) is 0.787. The number of aromatic nitrogens is 2. The molecule has 1 heterocycles. The summed E-state index contributed by atoms with van der Waals surface area (Å²) < 4.78 is 5.65. The molecule has 0 spiro atoms. The average Bonchev–Trinajstić information content (AvgIpc) is 2.26. The molecule has 0 amide bonds. The molecule has 0 bridgehead atoms. The first-order chi connectivity index (χ1) is 8.44. The third-order valence-corrected chi connectivity index (χ3v) is 2.32. The van der Waals surface area contributed by atoms with Gasteiger partial charge in [0.05, 0.1) is 6.61 Å². The molecule has 1 aromatic heterocycles. The molecule has 4 nitrogen and oxygen atoms in total. The summed E-state index contributed by atoms with van der Waals surface area (Å²) in [6, 6.07) is 1.88. The molecule has 0 fully saturated rings. The van der Waals surface area contributed by atoms with Crippen molar-refractivity contribution in [3.8, 4) is 5.88 Å². The lowest BCUT2D eigenvalue weighted by Gasteiger charge is -2.21. The zero-order valence-electron chi connectivity index (χ0n) is 12.2. The van der Waals surface area contributed by atoms with Crippen molar-refractivity contribution in [3.05, 3.63) is 11.9 Å². The van der Waals surface area contributed by atoms with Gasteiger partial charge in [0.2, 0.25) is 5.88 Å². The van der Waals surface area contributed by atoms with Crippen molar-refractivity contribution in [1.29, 1.82) is 0 Å². The van der Waals surface area contributed by atoms with Crippen LogP contribution in [-0.4, -0.2) is 22.1 Å². The van der Waals surface area contributed by atoms with Crippen LogP contribution >= 0.6 is 0 Å². The first-order valence-electron chi connectivity index (χ1n) is 6.73. The number of anilines is 1. The van der Waals surface area contributed by atoms with E-state index >= 15 is 0 Å². The van der Waals surface area contributed by atoms with Gasteiger partial charge < -0.3 is 10.1 Å². The molecular weight excluding hydrogens is 226 g/mol. The van der Waals surface area contributed by atoms with Crippen molar-refractivity contribution in [2.75, 3.05) is 11.9 Å². The summed E-state index contributed by atoms with van der Waals surface area (Å²) in [6.07, 6.45) is 2.98. The Bertz CT molecular complexity index is 372. The monoisotopic (exact) mass is 251 g/mol. The van der Waals surface area contributed by atoms with Gasteiger partial charge >= 0.3 is 0 Å². The third kappa shape index (κ3) is 5.34. The van der Waals surface area contributed by atoms with Crippen LogP contribution in [0.2, 0.25) is 0 Å². The highest BCUT2D eigenvalue weighted by molar-refractivity contribution is 5.40. The lowest BCUT2D eigenvalue weighted by Crippen LogP contribution is -2.27. The fraction of sp³-hybridized carbons (Fsp3) is 0.714. The van der Waals surface area contributed by atoms with Crippen LogP contribution in [-0.2, 0) is 6.42 Å². The molecule has 1 aromatic rings. The Kier molecular flexibility index (Phi) is 5.38. The topological polar surface area (TPSA) is 47.0 Å². The summed E-state index contributed by atoms with van der Waals surface area (Å²) >= 11 is 0. The van der Waals surface area contributed by atoms with Crippen molar-refractivity contribution in [1.82, 2.24) is 9.97 Å². The molecule has 0 radical (unpaired) electrons. The van der Waals surface area contributed by atoms with Gasteiger partial charge in [-0.15, -0.1) is 0 Å². The van der Waals surface area contributed by atoms with Crippen LogP contribution < -0.4 is 10.1 Å². The number of nitrogens with zero attached hydrogens (tertiary/aromatic N) is 2. The lowest BCUT2D eigenvalue weighted by molar-refractivity contribution is 0.296. The Labute approximate surface area is 110 Å². The van der Waals surface area contributed by atoms with Crippen LogP contribution in [0.4, 0.5) is 5.82 Å². The summed E-state index contributed by atoms with van der Waals surface area (Å²) in [6.45, 7) is 11.2. The SMILES string of the molecule is CCCCOc1cc(NC(C)(C)C)nc(CC)n1. The highest BCUT2D eigenvalue weighted by Crippen LogP contribution is 2.18. The van der Waals surface area contributed by atoms with E-state index in [0.29, 0.717) is 12.5 Å². The van der Waals surface area contributed by atoms with Gasteiger partial charge in [-0.3, -0.25) is 0 Å². The minimum absolute atomic E-state index is 0.0138. The molecule has 102 valence electrons. The van der Waals surface area contributed by atoms with E-state index in [1.807, 2.05) is 13.0 Å². The molecular formula is C14H25N3O. The maximum absolute atomic E-state index is 5.65. The van der Waals surface area contributed by atoms with E-state index in [2.05, 4.69) is 43.0 Å². The Morgan fingerprint density at radius 3 is 2.50 bits per heavy atom. The largest absolute Gasteiger partial charge is 0.478 e. The second kappa shape index (κ2) is 6.57. The molecule has 0 aliphatic heterocycles. The molecule has 0 saturated carbocycles. The third-order valence-electron chi connectivity index (χ3n) is 2.32. The Balaban J connectivity index is 2.80. The second-order valence-corrected chi connectivity index (χ2v) is 5.44. The lowest BCUT2D eigenvalue weighted by atomic mass is 10.1. The highest BCUT2D eigenvalue weighted by atomic mass is 16.5. The number of unbranched alkanes of at least 4 members (excludes halogenated alkanes) is 1. The summed E-state index contributed by atoms with van der Waals surface area (Å²) in [5.74, 6) is 2.32. The number of ether oxygens (including phenoxy) is 1. The first kappa shape index (κ1) is 14.7. The van der Waals surface area contributed by atoms with E-state index in [9.17, 15) is 0 Å². The van der Waals surface area contributed by atoms with Gasteiger partial charge in [0.15, 0.2) is 0 Å². The van der Waals surface area contributed by atoms with E-state index in [0.717, 1.165) is 30.9 Å². The van der Waals surface area contributed by atoms with Gasteiger partial charge in [-0.25, -0.2) is 4.98 Å². The normalized spacial score (nSPS) is 11.4. The van der Waals surface area contributed by atoms with Gasteiger partial charge in [-0.2, -0.15) is 4.98 Å². The molecule has 1 rings (SSSR count). The zero-order valence-corrected chi connectivity index (χ0v) is 12.2. The van der Waals surface area contributed by atoms with Crippen LogP contribution in [0.1, 0.15) is 53.3 Å². The predicted octanol–water partition coefficient (Wildman–Crippen LogP) is 3.43. The molecule has 4 heteroatoms. The minimum atomic E-state index is -0.0138. The van der Waals surface area contributed by atoms with E-state index in [1.165, 1.54) is 0 Å². The molecule has 0 saturated heterocycles. The molecule has 0 atom stereocenters. The molecule has 0 aliphatic carbocycles. The van der Waals surface area contributed by atoms with Crippen molar-refractivity contribution < 1.29 is 4.74 Å². The van der Waals surface area contributed by atoms with Crippen molar-refractivity contribution >= 4 is 5.82 Å². The van der Waals surface area contributed by atoms with Gasteiger partial charge in [-0.1, -0.05) is 20.3 Å².